The van der Waals surface area contributed by atoms with Gasteiger partial charge in [0.15, 0.2) is 0 Å². The normalized spacial score (nSPS) is 12.3. The van der Waals surface area contributed by atoms with Crippen LogP contribution in [0.1, 0.15) is 24.4 Å². The zero-order valence-electron chi connectivity index (χ0n) is 11.6. The molecular weight excluding hydrogens is 289 g/mol. The number of anilines is 1. The highest BCUT2D eigenvalue weighted by atomic mass is 32.1. The van der Waals surface area contributed by atoms with Crippen molar-refractivity contribution in [2.24, 2.45) is 0 Å². The molecule has 0 fully saturated rings. The van der Waals surface area contributed by atoms with Crippen molar-refractivity contribution in [3.63, 3.8) is 0 Å². The van der Waals surface area contributed by atoms with Gasteiger partial charge < -0.3 is 9.84 Å². The fraction of sp³-hybridized carbons (Fsp3) is 0.200. The molecule has 0 radical (unpaired) electrons. The summed E-state index contributed by atoms with van der Waals surface area (Å²) < 4.78 is 18.8. The SMILES string of the molecule is Cc1c(F)cccc1N[C@@H](C)c1nc(-c2cccs2)no1. The molecule has 0 aliphatic rings. The molecule has 0 amide bonds. The van der Waals surface area contributed by atoms with Crippen LogP contribution in [-0.2, 0) is 0 Å². The Bertz CT molecular complexity index is 739. The average molecular weight is 303 g/mol. The molecule has 3 aromatic rings. The second-order valence-electron chi connectivity index (χ2n) is 4.71. The molecule has 1 aromatic carbocycles. The number of thiophene rings is 1. The Morgan fingerprint density at radius 3 is 2.90 bits per heavy atom. The maximum absolute atomic E-state index is 13.5. The first-order valence-corrected chi connectivity index (χ1v) is 7.42. The number of nitrogens with one attached hydrogen (secondary N) is 1. The van der Waals surface area contributed by atoms with Gasteiger partial charge in [-0.2, -0.15) is 4.98 Å². The molecule has 2 heterocycles. The Balaban J connectivity index is 1.79. The average Bonchev–Trinajstić information content (AvgIpc) is 3.13. The van der Waals surface area contributed by atoms with Crippen molar-refractivity contribution in [3.8, 4) is 10.7 Å². The Labute approximate surface area is 125 Å². The van der Waals surface area contributed by atoms with Crippen LogP contribution in [0.15, 0.2) is 40.2 Å². The summed E-state index contributed by atoms with van der Waals surface area (Å²) in [5, 5.41) is 9.13. The van der Waals surface area contributed by atoms with Crippen molar-refractivity contribution in [3.05, 3.63) is 53.0 Å². The largest absolute Gasteiger partial charge is 0.374 e. The third-order valence-corrected chi connectivity index (χ3v) is 4.06. The second-order valence-corrected chi connectivity index (χ2v) is 5.66. The third kappa shape index (κ3) is 2.80. The summed E-state index contributed by atoms with van der Waals surface area (Å²) in [6, 6.07) is 8.61. The lowest BCUT2D eigenvalue weighted by atomic mass is 10.1. The summed E-state index contributed by atoms with van der Waals surface area (Å²) in [6.07, 6.45) is 0. The molecule has 0 saturated heterocycles. The molecule has 0 aliphatic carbocycles. The number of nitrogens with zero attached hydrogens (tertiary/aromatic N) is 2. The molecule has 21 heavy (non-hydrogen) atoms. The van der Waals surface area contributed by atoms with E-state index in [0.717, 1.165) is 10.6 Å². The van der Waals surface area contributed by atoms with Crippen molar-refractivity contribution < 1.29 is 8.91 Å². The van der Waals surface area contributed by atoms with Crippen LogP contribution in [0.2, 0.25) is 0 Å². The Morgan fingerprint density at radius 2 is 2.14 bits per heavy atom. The smallest absolute Gasteiger partial charge is 0.249 e. The van der Waals surface area contributed by atoms with E-state index in [9.17, 15) is 4.39 Å². The maximum atomic E-state index is 13.5. The number of rotatable bonds is 4. The summed E-state index contributed by atoms with van der Waals surface area (Å²) in [6.45, 7) is 3.63. The van der Waals surface area contributed by atoms with E-state index in [4.69, 9.17) is 4.52 Å². The summed E-state index contributed by atoms with van der Waals surface area (Å²) in [7, 11) is 0. The van der Waals surface area contributed by atoms with Gasteiger partial charge in [0.1, 0.15) is 11.9 Å². The summed E-state index contributed by atoms with van der Waals surface area (Å²) in [5.74, 6) is 0.809. The van der Waals surface area contributed by atoms with Crippen LogP contribution in [0.25, 0.3) is 10.7 Å². The predicted octanol–water partition coefficient (Wildman–Crippen LogP) is 4.42. The van der Waals surface area contributed by atoms with Gasteiger partial charge in [-0.15, -0.1) is 11.3 Å². The summed E-state index contributed by atoms with van der Waals surface area (Å²) >= 11 is 1.55. The van der Waals surface area contributed by atoms with Gasteiger partial charge in [-0.1, -0.05) is 17.3 Å². The van der Waals surface area contributed by atoms with Gasteiger partial charge in [0.25, 0.3) is 0 Å². The monoisotopic (exact) mass is 303 g/mol. The first-order chi connectivity index (χ1) is 10.1. The molecule has 0 unspecified atom stereocenters. The molecule has 0 saturated carbocycles. The zero-order valence-corrected chi connectivity index (χ0v) is 12.4. The minimum atomic E-state index is -0.239. The predicted molar refractivity (Wildman–Crippen MR) is 80.8 cm³/mol. The molecule has 3 rings (SSSR count). The Hall–Kier alpha value is -2.21. The van der Waals surface area contributed by atoms with Crippen LogP contribution >= 0.6 is 11.3 Å². The van der Waals surface area contributed by atoms with Crippen molar-refractivity contribution in [1.29, 1.82) is 0 Å². The molecule has 2 aromatic heterocycles. The van der Waals surface area contributed by atoms with Gasteiger partial charge in [-0.3, -0.25) is 0 Å². The van der Waals surface area contributed by atoms with Crippen molar-refractivity contribution in [1.82, 2.24) is 10.1 Å². The van der Waals surface area contributed by atoms with Gasteiger partial charge >= 0.3 is 0 Å². The molecule has 1 atom stereocenters. The minimum Gasteiger partial charge on any atom is -0.374 e. The van der Waals surface area contributed by atoms with Crippen molar-refractivity contribution >= 4 is 17.0 Å². The number of hydrogen-bond acceptors (Lipinski definition) is 5. The van der Waals surface area contributed by atoms with E-state index in [0.29, 0.717) is 17.3 Å². The van der Waals surface area contributed by atoms with E-state index in [1.165, 1.54) is 6.07 Å². The van der Waals surface area contributed by atoms with Crippen molar-refractivity contribution in [2.75, 3.05) is 5.32 Å². The topological polar surface area (TPSA) is 51.0 Å². The third-order valence-electron chi connectivity index (χ3n) is 3.19. The summed E-state index contributed by atoms with van der Waals surface area (Å²) in [4.78, 5) is 5.33. The first-order valence-electron chi connectivity index (χ1n) is 6.54. The molecule has 0 aliphatic heterocycles. The maximum Gasteiger partial charge on any atom is 0.249 e. The Kier molecular flexibility index (Phi) is 3.70. The summed E-state index contributed by atoms with van der Waals surface area (Å²) in [5.41, 5.74) is 1.29. The van der Waals surface area contributed by atoms with E-state index in [1.807, 2.05) is 30.5 Å². The number of hydrogen-bond donors (Lipinski definition) is 1. The quantitative estimate of drug-likeness (QED) is 0.775. The molecule has 108 valence electrons. The van der Waals surface area contributed by atoms with Gasteiger partial charge in [-0.25, -0.2) is 4.39 Å². The molecule has 6 heteroatoms. The highest BCUT2D eigenvalue weighted by Gasteiger charge is 2.16. The lowest BCUT2D eigenvalue weighted by Gasteiger charge is -2.13. The van der Waals surface area contributed by atoms with Gasteiger partial charge in [0.2, 0.25) is 11.7 Å². The molecule has 0 bridgehead atoms. The van der Waals surface area contributed by atoms with Crippen LogP contribution in [0.4, 0.5) is 10.1 Å². The van der Waals surface area contributed by atoms with E-state index in [-0.39, 0.29) is 11.9 Å². The van der Waals surface area contributed by atoms with Crippen LogP contribution in [0.3, 0.4) is 0 Å². The van der Waals surface area contributed by atoms with Crippen LogP contribution < -0.4 is 5.32 Å². The second kappa shape index (κ2) is 5.65. The number of aromatic nitrogens is 2. The molecule has 0 spiro atoms. The zero-order chi connectivity index (χ0) is 14.8. The standard InChI is InChI=1S/C15H14FN3OS/c1-9-11(16)5-3-6-12(9)17-10(2)15-18-14(19-20-15)13-7-4-8-21-13/h3-8,10,17H,1-2H3/t10-/m0/s1. The molecule has 4 nitrogen and oxygen atoms in total. The highest BCUT2D eigenvalue weighted by molar-refractivity contribution is 7.13. The van der Waals surface area contributed by atoms with E-state index >= 15 is 0 Å². The first kappa shape index (κ1) is 13.8. The fourth-order valence-corrected chi connectivity index (χ4v) is 2.62. The number of benzene rings is 1. The van der Waals surface area contributed by atoms with Crippen LogP contribution in [0.5, 0.6) is 0 Å². The van der Waals surface area contributed by atoms with E-state index in [2.05, 4.69) is 15.5 Å². The van der Waals surface area contributed by atoms with Crippen molar-refractivity contribution in [2.45, 2.75) is 19.9 Å². The Morgan fingerprint density at radius 1 is 1.29 bits per heavy atom. The van der Waals surface area contributed by atoms with Crippen LogP contribution in [0, 0.1) is 12.7 Å². The van der Waals surface area contributed by atoms with Crippen LogP contribution in [-0.4, -0.2) is 10.1 Å². The fourth-order valence-electron chi connectivity index (χ4n) is 1.98. The van der Waals surface area contributed by atoms with E-state index < -0.39 is 0 Å². The van der Waals surface area contributed by atoms with Gasteiger partial charge in [0, 0.05) is 11.3 Å². The molecular formula is C15H14FN3OS. The van der Waals surface area contributed by atoms with Gasteiger partial charge in [-0.05, 0) is 37.4 Å². The minimum absolute atomic E-state index is 0.202. The lowest BCUT2D eigenvalue weighted by molar-refractivity contribution is 0.368. The van der Waals surface area contributed by atoms with Gasteiger partial charge in [0.05, 0.1) is 4.88 Å². The highest BCUT2D eigenvalue weighted by Crippen LogP contribution is 2.26. The molecule has 1 N–H and O–H groups in total. The van der Waals surface area contributed by atoms with E-state index in [1.54, 1.807) is 24.3 Å². The number of halogens is 1. The lowest BCUT2D eigenvalue weighted by Crippen LogP contribution is -2.08.